The molecule has 0 aromatic heterocycles. The number of nitrogens with zero attached hydrogens (tertiary/aromatic N) is 1. The Morgan fingerprint density at radius 1 is 1.23 bits per heavy atom. The highest BCUT2D eigenvalue weighted by molar-refractivity contribution is 6.33. The quantitative estimate of drug-likeness (QED) is 0.530. The maximum Gasteiger partial charge on any atom is 0.339 e. The Bertz CT molecular complexity index is 976. The van der Waals surface area contributed by atoms with Crippen LogP contribution in [0.15, 0.2) is 36.4 Å². The lowest BCUT2D eigenvalue weighted by atomic mass is 10.1. The monoisotopic (exact) mass is 430 g/mol. The summed E-state index contributed by atoms with van der Waals surface area (Å²) in [4.78, 5) is 38.5. The highest BCUT2D eigenvalue weighted by Crippen LogP contribution is 2.32. The van der Waals surface area contributed by atoms with Crippen molar-refractivity contribution in [1.82, 2.24) is 0 Å². The number of aryl methyl sites for hydroxylation is 1. The van der Waals surface area contributed by atoms with Crippen molar-refractivity contribution in [2.24, 2.45) is 0 Å². The minimum absolute atomic E-state index is 0.127. The molecule has 0 bridgehead atoms. The molecule has 30 heavy (non-hydrogen) atoms. The number of anilines is 2. The fourth-order valence-electron chi connectivity index (χ4n) is 2.98. The molecule has 0 spiro atoms. The van der Waals surface area contributed by atoms with Gasteiger partial charge in [0.25, 0.3) is 5.91 Å². The number of halogens is 1. The van der Waals surface area contributed by atoms with Crippen molar-refractivity contribution in [3.63, 3.8) is 0 Å². The fraction of sp³-hybridized carbons (Fsp3) is 0.318. The molecule has 0 radical (unpaired) electrons. The van der Waals surface area contributed by atoms with E-state index >= 15 is 0 Å². The molecule has 1 aliphatic heterocycles. The lowest BCUT2D eigenvalue weighted by molar-refractivity contribution is -0.123. The van der Waals surface area contributed by atoms with Crippen LogP contribution in [0.5, 0.6) is 5.75 Å². The average Bonchev–Trinajstić information content (AvgIpc) is 2.71. The number of unbranched alkanes of at least 4 members (excludes halogenated alkanes) is 1. The molecule has 2 aromatic carbocycles. The number of carbonyl (C=O) groups excluding carboxylic acids is 3. The molecular formula is C22H23ClN2O5. The van der Waals surface area contributed by atoms with Crippen LogP contribution in [-0.2, 0) is 14.3 Å². The minimum Gasteiger partial charge on any atom is -0.482 e. The van der Waals surface area contributed by atoms with Crippen molar-refractivity contribution in [1.29, 1.82) is 0 Å². The summed E-state index contributed by atoms with van der Waals surface area (Å²) in [5.74, 6) is -0.709. The van der Waals surface area contributed by atoms with Crippen LogP contribution in [0, 0.1) is 6.92 Å². The van der Waals surface area contributed by atoms with Crippen molar-refractivity contribution in [3.8, 4) is 5.75 Å². The fourth-order valence-corrected chi connectivity index (χ4v) is 3.17. The van der Waals surface area contributed by atoms with Gasteiger partial charge in [-0.1, -0.05) is 31.0 Å². The lowest BCUT2D eigenvalue weighted by Crippen LogP contribution is -2.43. The first-order chi connectivity index (χ1) is 14.4. The van der Waals surface area contributed by atoms with E-state index in [9.17, 15) is 14.4 Å². The molecule has 0 saturated carbocycles. The van der Waals surface area contributed by atoms with E-state index < -0.39 is 11.9 Å². The second kappa shape index (κ2) is 9.63. The van der Waals surface area contributed by atoms with Crippen LogP contribution >= 0.6 is 11.6 Å². The number of carbonyl (C=O) groups is 3. The summed E-state index contributed by atoms with van der Waals surface area (Å²) in [7, 11) is 0. The SMILES string of the molecule is CCCCOC(=O)c1cc(NC(=O)CN2C(=O)COc3ccc(C)cc32)ccc1Cl. The second-order valence-corrected chi connectivity index (χ2v) is 7.38. The first-order valence-electron chi connectivity index (χ1n) is 9.69. The predicted octanol–water partition coefficient (Wildman–Crippen LogP) is 3.97. The standard InChI is InChI=1S/C22H23ClN2O5/c1-3-4-9-29-22(28)16-11-15(6-7-17(16)23)24-20(26)12-25-18-10-14(2)5-8-19(18)30-13-21(25)27/h5-8,10-11H,3-4,9,12-13H2,1-2H3,(H,24,26). The summed E-state index contributed by atoms with van der Waals surface area (Å²) in [5.41, 5.74) is 2.06. The van der Waals surface area contributed by atoms with Gasteiger partial charge in [0.15, 0.2) is 6.61 Å². The Balaban J connectivity index is 1.71. The molecule has 0 aliphatic carbocycles. The van der Waals surface area contributed by atoms with Gasteiger partial charge in [0, 0.05) is 5.69 Å². The third kappa shape index (κ3) is 5.10. The number of hydrogen-bond donors (Lipinski definition) is 1. The van der Waals surface area contributed by atoms with Gasteiger partial charge in [0.1, 0.15) is 12.3 Å². The van der Waals surface area contributed by atoms with Crippen molar-refractivity contribution in [2.75, 3.05) is 30.0 Å². The molecule has 0 saturated heterocycles. The second-order valence-electron chi connectivity index (χ2n) is 6.97. The first-order valence-corrected chi connectivity index (χ1v) is 10.1. The van der Waals surface area contributed by atoms with Gasteiger partial charge in [-0.15, -0.1) is 0 Å². The largest absolute Gasteiger partial charge is 0.482 e. The average molecular weight is 431 g/mol. The topological polar surface area (TPSA) is 84.9 Å². The van der Waals surface area contributed by atoms with Crippen LogP contribution in [0.1, 0.15) is 35.7 Å². The highest BCUT2D eigenvalue weighted by Gasteiger charge is 2.27. The molecule has 1 aliphatic rings. The van der Waals surface area contributed by atoms with E-state index in [4.69, 9.17) is 21.1 Å². The van der Waals surface area contributed by atoms with Crippen molar-refractivity contribution >= 4 is 40.8 Å². The van der Waals surface area contributed by atoms with E-state index in [2.05, 4.69) is 5.32 Å². The molecule has 0 unspecified atom stereocenters. The molecule has 7 nitrogen and oxygen atoms in total. The third-order valence-electron chi connectivity index (χ3n) is 4.56. The number of benzene rings is 2. The summed E-state index contributed by atoms with van der Waals surface area (Å²) < 4.78 is 10.6. The molecule has 2 aromatic rings. The van der Waals surface area contributed by atoms with E-state index in [0.29, 0.717) is 23.7 Å². The summed E-state index contributed by atoms with van der Waals surface area (Å²) in [6.07, 6.45) is 1.66. The van der Waals surface area contributed by atoms with Gasteiger partial charge in [-0.3, -0.25) is 14.5 Å². The van der Waals surface area contributed by atoms with Gasteiger partial charge in [-0.2, -0.15) is 0 Å². The molecular weight excluding hydrogens is 408 g/mol. The zero-order valence-electron chi connectivity index (χ0n) is 16.9. The van der Waals surface area contributed by atoms with Crippen molar-refractivity contribution < 1.29 is 23.9 Å². The number of esters is 1. The normalized spacial score (nSPS) is 12.8. The van der Waals surface area contributed by atoms with Crippen LogP contribution in [-0.4, -0.2) is 37.5 Å². The van der Waals surface area contributed by atoms with Gasteiger partial charge >= 0.3 is 5.97 Å². The van der Waals surface area contributed by atoms with Gasteiger partial charge in [0.05, 0.1) is 22.9 Å². The molecule has 158 valence electrons. The highest BCUT2D eigenvalue weighted by atomic mass is 35.5. The Labute approximate surface area is 179 Å². The van der Waals surface area contributed by atoms with Gasteiger partial charge in [-0.25, -0.2) is 4.79 Å². The van der Waals surface area contributed by atoms with E-state index in [1.807, 2.05) is 19.9 Å². The summed E-state index contributed by atoms with van der Waals surface area (Å²) in [5, 5.41) is 2.94. The number of amides is 2. The van der Waals surface area contributed by atoms with Crippen molar-refractivity contribution in [3.05, 3.63) is 52.5 Å². The van der Waals surface area contributed by atoms with E-state index in [-0.39, 0.29) is 29.6 Å². The number of fused-ring (bicyclic) bond motifs is 1. The molecule has 2 amide bonds. The van der Waals surface area contributed by atoms with Crippen LogP contribution in [0.3, 0.4) is 0 Å². The molecule has 1 N–H and O–H groups in total. The smallest absolute Gasteiger partial charge is 0.339 e. The zero-order valence-corrected chi connectivity index (χ0v) is 17.6. The number of hydrogen-bond acceptors (Lipinski definition) is 5. The summed E-state index contributed by atoms with van der Waals surface area (Å²) >= 11 is 6.11. The van der Waals surface area contributed by atoms with Gasteiger partial charge in [0.2, 0.25) is 5.91 Å². The maximum atomic E-state index is 12.6. The molecule has 3 rings (SSSR count). The molecule has 1 heterocycles. The van der Waals surface area contributed by atoms with Crippen LogP contribution in [0.25, 0.3) is 0 Å². The lowest BCUT2D eigenvalue weighted by Gasteiger charge is -2.29. The molecule has 0 fully saturated rings. The summed E-state index contributed by atoms with van der Waals surface area (Å²) in [6, 6.07) is 10.0. The Hall–Kier alpha value is -3.06. The van der Waals surface area contributed by atoms with E-state index in [1.54, 1.807) is 18.2 Å². The summed E-state index contributed by atoms with van der Waals surface area (Å²) in [6.45, 7) is 3.89. The van der Waals surface area contributed by atoms with Gasteiger partial charge < -0.3 is 14.8 Å². The molecule has 8 heteroatoms. The minimum atomic E-state index is -0.544. The molecule has 0 atom stereocenters. The van der Waals surface area contributed by atoms with Crippen molar-refractivity contribution in [2.45, 2.75) is 26.7 Å². The van der Waals surface area contributed by atoms with E-state index in [1.165, 1.54) is 17.0 Å². The van der Waals surface area contributed by atoms with Crippen LogP contribution < -0.4 is 15.0 Å². The number of nitrogens with one attached hydrogen (secondary N) is 1. The van der Waals surface area contributed by atoms with Gasteiger partial charge in [-0.05, 0) is 49.2 Å². The van der Waals surface area contributed by atoms with Crippen LogP contribution in [0.2, 0.25) is 5.02 Å². The number of ether oxygens (including phenoxy) is 2. The third-order valence-corrected chi connectivity index (χ3v) is 4.89. The zero-order chi connectivity index (χ0) is 21.7. The Morgan fingerprint density at radius 2 is 2.03 bits per heavy atom. The maximum absolute atomic E-state index is 12.6. The Kier molecular flexibility index (Phi) is 6.95. The number of rotatable bonds is 7. The first kappa shape index (κ1) is 21.6. The Morgan fingerprint density at radius 3 is 2.80 bits per heavy atom. The predicted molar refractivity (Wildman–Crippen MR) is 114 cm³/mol. The van der Waals surface area contributed by atoms with E-state index in [0.717, 1.165) is 18.4 Å². The van der Waals surface area contributed by atoms with Crippen LogP contribution in [0.4, 0.5) is 11.4 Å².